The second-order valence-corrected chi connectivity index (χ2v) is 11.2. The molecule has 1 aromatic carbocycles. The highest BCUT2D eigenvalue weighted by Crippen LogP contribution is 2.39. The molecule has 2 nitrogen and oxygen atoms in total. The summed E-state index contributed by atoms with van der Waals surface area (Å²) in [6.45, 7) is 12.5. The number of carbonyl (C=O) groups is 1. The van der Waals surface area contributed by atoms with Gasteiger partial charge in [0.2, 0.25) is 0 Å². The topological polar surface area (TPSA) is 26.3 Å². The van der Waals surface area contributed by atoms with Gasteiger partial charge in [0.05, 0.1) is 0 Å². The summed E-state index contributed by atoms with van der Waals surface area (Å²) in [5.41, 5.74) is 1.80. The van der Waals surface area contributed by atoms with E-state index in [2.05, 4.69) is 26.8 Å². The van der Waals surface area contributed by atoms with Crippen molar-refractivity contribution in [3.05, 3.63) is 35.1 Å². The number of hydrogen-bond donors (Lipinski definition) is 0. The van der Waals surface area contributed by atoms with Crippen molar-refractivity contribution in [3.8, 4) is 0 Å². The molecular formula is C29H47FO2. The van der Waals surface area contributed by atoms with Gasteiger partial charge in [0, 0.05) is 6.42 Å². The van der Waals surface area contributed by atoms with E-state index in [1.165, 1.54) is 31.2 Å². The number of carbonyl (C=O) groups excluding carboxylic acids is 1. The summed E-state index contributed by atoms with van der Waals surface area (Å²) in [4.78, 5) is 11.7. The number of benzene rings is 1. The van der Waals surface area contributed by atoms with Gasteiger partial charge in [-0.2, -0.15) is 0 Å². The minimum absolute atomic E-state index is 0.0366. The van der Waals surface area contributed by atoms with Crippen LogP contribution in [0.25, 0.3) is 0 Å². The zero-order valence-electron chi connectivity index (χ0n) is 21.5. The molecule has 2 saturated carbocycles. The fourth-order valence-corrected chi connectivity index (χ4v) is 4.29. The van der Waals surface area contributed by atoms with Crippen LogP contribution in [-0.2, 0) is 9.53 Å². The molecule has 0 spiro atoms. The number of unbranched alkanes of at least 4 members (excludes halogenated alkanes) is 2. The lowest BCUT2D eigenvalue weighted by Gasteiger charge is -2.28. The molecule has 0 aromatic heterocycles. The van der Waals surface area contributed by atoms with Gasteiger partial charge in [-0.1, -0.05) is 77.8 Å². The number of hydrogen-bond acceptors (Lipinski definition) is 2. The van der Waals surface area contributed by atoms with Crippen LogP contribution >= 0.6 is 0 Å². The van der Waals surface area contributed by atoms with Crippen LogP contribution in [0.1, 0.15) is 135 Å². The third-order valence-electron chi connectivity index (χ3n) is 7.18. The predicted molar refractivity (Wildman–Crippen MR) is 133 cm³/mol. The molecule has 2 aliphatic rings. The molecule has 0 heterocycles. The van der Waals surface area contributed by atoms with Gasteiger partial charge in [-0.05, 0) is 80.9 Å². The summed E-state index contributed by atoms with van der Waals surface area (Å²) in [6.07, 6.45) is 12.6. The van der Waals surface area contributed by atoms with Gasteiger partial charge in [0.1, 0.15) is 11.4 Å². The summed E-state index contributed by atoms with van der Waals surface area (Å²) < 4.78 is 19.5. The molecule has 0 bridgehead atoms. The average Bonchev–Trinajstić information content (AvgIpc) is 3.51. The van der Waals surface area contributed by atoms with Gasteiger partial charge in [0.15, 0.2) is 0 Å². The predicted octanol–water partition coefficient (Wildman–Crippen LogP) is 8.93. The highest BCUT2D eigenvalue weighted by molar-refractivity contribution is 5.69. The summed E-state index contributed by atoms with van der Waals surface area (Å²) in [5.74, 6) is 2.40. The second-order valence-electron chi connectivity index (χ2n) is 11.2. The van der Waals surface area contributed by atoms with Crippen LogP contribution in [0.4, 0.5) is 4.39 Å². The van der Waals surface area contributed by atoms with Crippen LogP contribution in [0, 0.1) is 17.7 Å². The van der Waals surface area contributed by atoms with Crippen molar-refractivity contribution in [2.24, 2.45) is 11.8 Å². The fraction of sp³-hybridized carbons (Fsp3) is 0.759. The van der Waals surface area contributed by atoms with Crippen molar-refractivity contribution in [2.45, 2.75) is 130 Å². The quantitative estimate of drug-likeness (QED) is 0.265. The van der Waals surface area contributed by atoms with Crippen LogP contribution in [0.3, 0.4) is 0 Å². The smallest absolute Gasteiger partial charge is 0.306 e. The Labute approximate surface area is 196 Å². The molecule has 2 aliphatic carbocycles. The van der Waals surface area contributed by atoms with Gasteiger partial charge in [-0.15, -0.1) is 0 Å². The zero-order valence-corrected chi connectivity index (χ0v) is 21.5. The lowest BCUT2D eigenvalue weighted by molar-refractivity contribution is -0.154. The van der Waals surface area contributed by atoms with Gasteiger partial charge in [0.25, 0.3) is 0 Å². The Morgan fingerprint density at radius 2 is 1.78 bits per heavy atom. The van der Waals surface area contributed by atoms with E-state index in [1.807, 2.05) is 26.8 Å². The molecule has 2 unspecified atom stereocenters. The molecule has 2 atom stereocenters. The van der Waals surface area contributed by atoms with E-state index < -0.39 is 5.60 Å². The molecule has 32 heavy (non-hydrogen) atoms. The first kappa shape index (κ1) is 26.9. The lowest BCUT2D eigenvalue weighted by atomic mass is 9.77. The average molecular weight is 447 g/mol. The Kier molecular flexibility index (Phi) is 10.7. The van der Waals surface area contributed by atoms with Gasteiger partial charge in [-0.3, -0.25) is 4.79 Å². The molecule has 3 heteroatoms. The van der Waals surface area contributed by atoms with E-state index in [1.54, 1.807) is 6.07 Å². The zero-order chi connectivity index (χ0) is 23.7. The van der Waals surface area contributed by atoms with E-state index in [9.17, 15) is 9.18 Å². The van der Waals surface area contributed by atoms with Gasteiger partial charge < -0.3 is 4.74 Å². The maximum absolute atomic E-state index is 14.1. The first-order valence-corrected chi connectivity index (χ1v) is 13.1. The van der Waals surface area contributed by atoms with E-state index in [-0.39, 0.29) is 11.8 Å². The highest BCUT2D eigenvalue weighted by Gasteiger charge is 2.24. The molecular weight excluding hydrogens is 399 g/mol. The van der Waals surface area contributed by atoms with Crippen LogP contribution in [0.15, 0.2) is 18.2 Å². The summed E-state index contributed by atoms with van der Waals surface area (Å²) in [7, 11) is 0. The Hall–Kier alpha value is -1.38. The van der Waals surface area contributed by atoms with Crippen LogP contribution in [0.5, 0.6) is 0 Å². The number of halogens is 1. The van der Waals surface area contributed by atoms with E-state index in [0.717, 1.165) is 50.0 Å². The third-order valence-corrected chi connectivity index (χ3v) is 7.18. The minimum Gasteiger partial charge on any atom is -0.460 e. The minimum atomic E-state index is -0.394. The maximum atomic E-state index is 14.1. The Bertz CT molecular complexity index is 698. The molecule has 3 rings (SSSR count). The summed E-state index contributed by atoms with van der Waals surface area (Å²) >= 11 is 0. The number of ether oxygens (including phenoxy) is 1. The van der Waals surface area contributed by atoms with Crippen LogP contribution < -0.4 is 0 Å². The van der Waals surface area contributed by atoms with Crippen molar-refractivity contribution in [1.29, 1.82) is 0 Å². The van der Waals surface area contributed by atoms with E-state index in [4.69, 9.17) is 4.74 Å². The fourth-order valence-electron chi connectivity index (χ4n) is 4.29. The summed E-state index contributed by atoms with van der Waals surface area (Å²) in [6, 6.07) is 5.73. The number of rotatable bonds is 10. The van der Waals surface area contributed by atoms with Crippen LogP contribution in [-0.4, -0.2) is 11.6 Å². The first-order chi connectivity index (χ1) is 15.1. The normalized spacial score (nSPS) is 18.2. The Balaban J connectivity index is 0.000000636. The third kappa shape index (κ3) is 9.63. The van der Waals surface area contributed by atoms with Gasteiger partial charge in [-0.25, -0.2) is 4.39 Å². The van der Waals surface area contributed by atoms with Crippen molar-refractivity contribution < 1.29 is 13.9 Å². The molecule has 2 fully saturated rings. The maximum Gasteiger partial charge on any atom is 0.306 e. The standard InChI is InChI=1S/C24H37FO2.C5H10/c1-17(10-7-6-8-13-23(26)27-24(3,4)5)18(2)20-14-15-22(25)21(16-20)19-11-9-12-19;1-2-5-3-4-5/h14-19H,6-13H2,1-5H3;5H,2-4H2,1H3. The molecule has 0 saturated heterocycles. The monoisotopic (exact) mass is 446 g/mol. The van der Waals surface area contributed by atoms with Gasteiger partial charge >= 0.3 is 5.97 Å². The number of esters is 1. The highest BCUT2D eigenvalue weighted by atomic mass is 19.1. The van der Waals surface area contributed by atoms with E-state index in [0.29, 0.717) is 24.2 Å². The molecule has 0 amide bonds. The molecule has 1 aromatic rings. The SMILES string of the molecule is CC(CCCCCC(=O)OC(C)(C)C)C(C)c1ccc(F)c(C2CCC2)c1.CCC1CC1. The Morgan fingerprint density at radius 1 is 1.09 bits per heavy atom. The first-order valence-electron chi connectivity index (χ1n) is 13.1. The molecule has 0 radical (unpaired) electrons. The molecule has 182 valence electrons. The van der Waals surface area contributed by atoms with Crippen molar-refractivity contribution in [1.82, 2.24) is 0 Å². The lowest BCUT2D eigenvalue weighted by Crippen LogP contribution is -2.23. The Morgan fingerprint density at radius 3 is 2.28 bits per heavy atom. The van der Waals surface area contributed by atoms with E-state index >= 15 is 0 Å². The second kappa shape index (κ2) is 12.8. The summed E-state index contributed by atoms with van der Waals surface area (Å²) in [5, 5.41) is 0. The van der Waals surface area contributed by atoms with Crippen LogP contribution in [0.2, 0.25) is 0 Å². The van der Waals surface area contributed by atoms with Crippen molar-refractivity contribution >= 4 is 5.97 Å². The largest absolute Gasteiger partial charge is 0.460 e. The molecule has 0 aliphatic heterocycles. The molecule has 0 N–H and O–H groups in total. The van der Waals surface area contributed by atoms with Crippen molar-refractivity contribution in [3.63, 3.8) is 0 Å². The van der Waals surface area contributed by atoms with Crippen molar-refractivity contribution in [2.75, 3.05) is 0 Å².